The van der Waals surface area contributed by atoms with Gasteiger partial charge < -0.3 is 50.5 Å². The Morgan fingerprint density at radius 3 is 0.988 bits per heavy atom. The Kier molecular flexibility index (Phi) is 60.7. The number of hydrogen-bond donors (Lipinski definition) is 8. The molecule has 8 N–H and O–H groups in total. The summed E-state index contributed by atoms with van der Waals surface area (Å²) in [5.74, 6) is -0.688. The minimum Gasteiger partial charge on any atom is -0.394 e. The zero-order valence-electron chi connectivity index (χ0n) is 56.1. The highest BCUT2D eigenvalue weighted by Crippen LogP contribution is 2.24. The van der Waals surface area contributed by atoms with E-state index in [0.717, 1.165) is 38.5 Å². The van der Waals surface area contributed by atoms with Crippen LogP contribution in [0, 0.1) is 0 Å². The Hall–Kier alpha value is -1.15. The Balaban J connectivity index is 2.11. The minimum atomic E-state index is -1.66. The molecule has 0 aromatic rings. The molecule has 0 aromatic heterocycles. The van der Waals surface area contributed by atoms with Crippen molar-refractivity contribution >= 4 is 5.91 Å². The summed E-state index contributed by atoms with van der Waals surface area (Å²) >= 11 is 0. The van der Waals surface area contributed by atoms with Crippen molar-refractivity contribution in [1.82, 2.24) is 5.32 Å². The largest absolute Gasteiger partial charge is 0.394 e. The minimum absolute atomic E-state index is 0.265. The quantitative estimate of drug-likeness (QED) is 0.0215. The summed E-state index contributed by atoms with van der Waals surface area (Å²) in [4.78, 5) is 13.3. The van der Waals surface area contributed by atoms with E-state index in [1.807, 2.05) is 0 Å². The van der Waals surface area contributed by atoms with E-state index in [1.54, 1.807) is 0 Å². The van der Waals surface area contributed by atoms with Crippen molar-refractivity contribution in [2.75, 3.05) is 13.2 Å². The maximum atomic E-state index is 13.3. The number of ether oxygens (including phenoxy) is 2. The van der Waals surface area contributed by atoms with E-state index in [9.17, 15) is 40.5 Å². The molecular weight excluding hydrogens is 1060 g/mol. The molecule has 0 radical (unpaired) electrons. The summed E-state index contributed by atoms with van der Waals surface area (Å²) in [6.07, 6.45) is 67.5. The van der Waals surface area contributed by atoms with Crippen molar-refractivity contribution < 1.29 is 50.0 Å². The first kappa shape index (κ1) is 81.9. The van der Waals surface area contributed by atoms with Gasteiger partial charge in [-0.1, -0.05) is 360 Å². The van der Waals surface area contributed by atoms with Gasteiger partial charge in [-0.15, -0.1) is 0 Å². The van der Waals surface area contributed by atoms with Gasteiger partial charge in [0.25, 0.3) is 0 Å². The third kappa shape index (κ3) is 50.2. The summed E-state index contributed by atoms with van der Waals surface area (Å²) < 4.78 is 11.2. The zero-order valence-corrected chi connectivity index (χ0v) is 56.1. The monoisotopic (exact) mass is 1210 g/mol. The molecular formula is C74H145NO10. The first-order chi connectivity index (χ1) is 41.7. The highest BCUT2D eigenvalue weighted by molar-refractivity contribution is 5.80. The van der Waals surface area contributed by atoms with E-state index in [4.69, 9.17) is 9.47 Å². The number of carbonyl (C=O) groups excluding carboxylic acids is 1. The number of amides is 1. The fourth-order valence-corrected chi connectivity index (χ4v) is 12.6. The smallest absolute Gasteiger partial charge is 0.249 e. The number of nitrogens with one attached hydrogen (secondary N) is 1. The fraction of sp³-hybridized carbons (Fsp3) is 0.959. The van der Waals surface area contributed by atoms with Crippen LogP contribution in [0.1, 0.15) is 386 Å². The van der Waals surface area contributed by atoms with Gasteiger partial charge in [-0.25, -0.2) is 0 Å². The van der Waals surface area contributed by atoms with Gasteiger partial charge in [0.15, 0.2) is 6.29 Å². The molecule has 0 aliphatic carbocycles. The summed E-state index contributed by atoms with van der Waals surface area (Å²) in [7, 11) is 0. The van der Waals surface area contributed by atoms with Crippen LogP contribution >= 0.6 is 0 Å². The van der Waals surface area contributed by atoms with Crippen LogP contribution in [0.5, 0.6) is 0 Å². The second kappa shape index (κ2) is 63.0. The highest BCUT2D eigenvalue weighted by Gasteiger charge is 2.44. The molecule has 0 aromatic carbocycles. The van der Waals surface area contributed by atoms with E-state index in [2.05, 4.69) is 31.3 Å². The topological polar surface area (TPSA) is 189 Å². The third-order valence-corrected chi connectivity index (χ3v) is 18.6. The van der Waals surface area contributed by atoms with Crippen LogP contribution in [0.2, 0.25) is 0 Å². The van der Waals surface area contributed by atoms with E-state index in [-0.39, 0.29) is 6.42 Å². The first-order valence-electron chi connectivity index (χ1n) is 37.6. The van der Waals surface area contributed by atoms with Gasteiger partial charge in [-0.3, -0.25) is 4.79 Å². The molecule has 85 heavy (non-hydrogen) atoms. The predicted octanol–water partition coefficient (Wildman–Crippen LogP) is 18.6. The summed E-state index contributed by atoms with van der Waals surface area (Å²) in [6, 6.07) is -1.17. The molecule has 1 fully saturated rings. The Morgan fingerprint density at radius 1 is 0.400 bits per heavy atom. The van der Waals surface area contributed by atoms with Gasteiger partial charge in [-0.05, 0) is 38.5 Å². The van der Waals surface area contributed by atoms with Crippen LogP contribution in [-0.2, 0) is 14.3 Å². The molecule has 1 amide bonds. The van der Waals surface area contributed by atoms with Gasteiger partial charge in [0.1, 0.15) is 36.6 Å². The SMILES string of the molecule is CCCCCCCCCCCCCCCCCCCC/C=C\CCCCCCCCCCCCCCCCCCC(O)C(=O)NC(COC1OC(CO)C(O)C(O)C1O)C(O)C(O)CCCCCCCCCCCCCCCCCCCCCC. The van der Waals surface area contributed by atoms with Crippen LogP contribution < -0.4 is 5.32 Å². The number of carbonyl (C=O) groups is 1. The van der Waals surface area contributed by atoms with Crippen LogP contribution in [-0.4, -0.2) is 110 Å². The molecule has 0 spiro atoms. The molecule has 1 saturated heterocycles. The van der Waals surface area contributed by atoms with Crippen molar-refractivity contribution in [2.45, 2.75) is 441 Å². The number of aliphatic hydroxyl groups is 7. The van der Waals surface area contributed by atoms with Crippen molar-refractivity contribution in [1.29, 1.82) is 0 Å². The lowest BCUT2D eigenvalue weighted by Crippen LogP contribution is -2.60. The van der Waals surface area contributed by atoms with Crippen molar-refractivity contribution in [2.24, 2.45) is 0 Å². The molecule has 1 aliphatic rings. The summed E-state index contributed by atoms with van der Waals surface area (Å²) in [5, 5.41) is 76.6. The number of unbranched alkanes of at least 4 members (excludes halogenated alkanes) is 53. The molecule has 11 nitrogen and oxygen atoms in total. The van der Waals surface area contributed by atoms with Crippen molar-refractivity contribution in [3.63, 3.8) is 0 Å². The van der Waals surface area contributed by atoms with Crippen molar-refractivity contribution in [3.05, 3.63) is 12.2 Å². The maximum absolute atomic E-state index is 13.3. The van der Waals surface area contributed by atoms with Crippen LogP contribution in [0.15, 0.2) is 12.2 Å². The second-order valence-electron chi connectivity index (χ2n) is 26.7. The van der Waals surface area contributed by atoms with Crippen LogP contribution in [0.3, 0.4) is 0 Å². The molecule has 0 bridgehead atoms. The normalized spacial score (nSPS) is 18.8. The summed E-state index contributed by atoms with van der Waals surface area (Å²) in [6.45, 7) is 3.52. The van der Waals surface area contributed by atoms with E-state index in [1.165, 1.54) is 308 Å². The van der Waals surface area contributed by atoms with E-state index >= 15 is 0 Å². The van der Waals surface area contributed by atoms with Gasteiger partial charge in [0.05, 0.1) is 25.4 Å². The maximum Gasteiger partial charge on any atom is 0.249 e. The van der Waals surface area contributed by atoms with Gasteiger partial charge >= 0.3 is 0 Å². The Bertz CT molecular complexity index is 1390. The zero-order chi connectivity index (χ0) is 61.7. The van der Waals surface area contributed by atoms with Gasteiger partial charge in [0, 0.05) is 0 Å². The van der Waals surface area contributed by atoms with E-state index < -0.39 is 74.2 Å². The second-order valence-corrected chi connectivity index (χ2v) is 26.7. The molecule has 1 heterocycles. The molecule has 9 unspecified atom stereocenters. The molecule has 1 aliphatic heterocycles. The lowest BCUT2D eigenvalue weighted by Gasteiger charge is -2.40. The van der Waals surface area contributed by atoms with Crippen molar-refractivity contribution in [3.8, 4) is 0 Å². The number of hydrogen-bond acceptors (Lipinski definition) is 10. The lowest BCUT2D eigenvalue weighted by atomic mass is 9.98. The summed E-state index contributed by atoms with van der Waals surface area (Å²) in [5.41, 5.74) is 0. The standard InChI is InChI=1S/C74H145NO10/c1-3-5-7-9-11-13-15-17-19-21-23-25-26-27-28-29-30-31-32-33-34-35-36-37-38-39-40-41-42-44-46-48-50-52-54-56-58-60-62-67(78)73(83)75-65(64-84-74-72(82)71(81)70(80)68(63-76)85-74)69(79)66(77)61-59-57-55-53-51-49-47-45-43-24-22-20-18-16-14-12-10-8-6-4-2/h33-34,65-72,74,76-82H,3-32,35-64H2,1-2H3,(H,75,83)/b34-33-. The number of aliphatic hydroxyl groups excluding tert-OH is 7. The van der Waals surface area contributed by atoms with Crippen LogP contribution in [0.4, 0.5) is 0 Å². The van der Waals surface area contributed by atoms with Gasteiger partial charge in [0.2, 0.25) is 5.91 Å². The molecule has 11 heteroatoms. The fourth-order valence-electron chi connectivity index (χ4n) is 12.6. The molecule has 1 rings (SSSR count). The third-order valence-electron chi connectivity index (χ3n) is 18.6. The Morgan fingerprint density at radius 2 is 0.682 bits per heavy atom. The molecule has 0 saturated carbocycles. The van der Waals surface area contributed by atoms with Gasteiger partial charge in [-0.2, -0.15) is 0 Å². The highest BCUT2D eigenvalue weighted by atomic mass is 16.7. The van der Waals surface area contributed by atoms with E-state index in [0.29, 0.717) is 19.3 Å². The lowest BCUT2D eigenvalue weighted by molar-refractivity contribution is -0.303. The molecule has 9 atom stereocenters. The van der Waals surface area contributed by atoms with Crippen LogP contribution in [0.25, 0.3) is 0 Å². The number of rotatable bonds is 67. The first-order valence-corrected chi connectivity index (χ1v) is 37.6. The Labute approximate surface area is 525 Å². The predicted molar refractivity (Wildman–Crippen MR) is 358 cm³/mol. The average Bonchev–Trinajstić information content (AvgIpc) is 3.67. The number of allylic oxidation sites excluding steroid dienone is 2. The average molecular weight is 1210 g/mol. The molecule has 506 valence electrons.